The van der Waals surface area contributed by atoms with Crippen LogP contribution in [-0.4, -0.2) is 0 Å². The molecule has 0 heterocycles. The zero-order valence-electron chi connectivity index (χ0n) is 13.4. The van der Waals surface area contributed by atoms with Gasteiger partial charge >= 0.3 is 0 Å². The lowest BCUT2D eigenvalue weighted by Gasteiger charge is -2.03. The third-order valence-electron chi connectivity index (χ3n) is 2.01. The van der Waals surface area contributed by atoms with Crippen molar-refractivity contribution >= 4 is 0 Å². The lowest BCUT2D eigenvalue weighted by atomic mass is 10.0. The number of allylic oxidation sites excluding steroid dienone is 6. The van der Waals surface area contributed by atoms with E-state index in [0.717, 1.165) is 6.42 Å². The summed E-state index contributed by atoms with van der Waals surface area (Å²) in [6.07, 6.45) is 12.5. The molecule has 1 aliphatic rings. The Morgan fingerprint density at radius 3 is 2.00 bits per heavy atom. The number of hydrogen-bond acceptors (Lipinski definition) is 0. The molecule has 0 bridgehead atoms. The van der Waals surface area contributed by atoms with E-state index in [1.807, 2.05) is 41.5 Å². The molecule has 0 N–H and O–H groups in total. The average molecular weight is 238 g/mol. The summed E-state index contributed by atoms with van der Waals surface area (Å²) >= 11 is 0. The van der Waals surface area contributed by atoms with Gasteiger partial charge in [0.05, 0.1) is 0 Å². The molecule has 0 atom stereocenters. The zero-order valence-corrected chi connectivity index (χ0v) is 13.4. The Kier molecular flexibility index (Phi) is 26.1. The van der Waals surface area contributed by atoms with E-state index in [2.05, 4.69) is 38.2 Å². The first-order chi connectivity index (χ1) is 8.34. The standard InChI is InChI=1S/C11H16.3C2H6/c1-3-7-11-9-6-4-5-8-10(11)2;3*1-2/h4-5,8-9H,3,6-7H2,1-2H3;3*1-2H3. The molecule has 0 unspecified atom stereocenters. The second-order valence-electron chi connectivity index (χ2n) is 2.99. The SMILES string of the molecule is CC.CC.CC.CCCC1=CCC=CC=C1C. The lowest BCUT2D eigenvalue weighted by molar-refractivity contribution is 0.907. The highest BCUT2D eigenvalue weighted by Crippen LogP contribution is 2.18. The van der Waals surface area contributed by atoms with Crippen molar-refractivity contribution < 1.29 is 0 Å². The molecule has 102 valence electrons. The summed E-state index contributed by atoms with van der Waals surface area (Å²) in [5.74, 6) is 0. The van der Waals surface area contributed by atoms with Crippen molar-refractivity contribution in [2.45, 2.75) is 74.7 Å². The molecule has 0 fully saturated rings. The summed E-state index contributed by atoms with van der Waals surface area (Å²) in [4.78, 5) is 0. The second-order valence-corrected chi connectivity index (χ2v) is 2.99. The summed E-state index contributed by atoms with van der Waals surface area (Å²) in [5.41, 5.74) is 2.96. The minimum absolute atomic E-state index is 1.10. The molecule has 0 aromatic heterocycles. The van der Waals surface area contributed by atoms with Gasteiger partial charge in [0.15, 0.2) is 0 Å². The van der Waals surface area contributed by atoms with E-state index in [-0.39, 0.29) is 0 Å². The van der Waals surface area contributed by atoms with Crippen LogP contribution in [0.5, 0.6) is 0 Å². The van der Waals surface area contributed by atoms with E-state index in [1.54, 1.807) is 0 Å². The van der Waals surface area contributed by atoms with Crippen LogP contribution in [0.1, 0.15) is 74.7 Å². The predicted molar refractivity (Wildman–Crippen MR) is 84.5 cm³/mol. The van der Waals surface area contributed by atoms with Gasteiger partial charge in [0, 0.05) is 0 Å². The molecule has 1 aliphatic carbocycles. The van der Waals surface area contributed by atoms with Gasteiger partial charge in [-0.2, -0.15) is 0 Å². The Morgan fingerprint density at radius 2 is 1.53 bits per heavy atom. The molecule has 0 nitrogen and oxygen atoms in total. The molecular formula is C17H34. The van der Waals surface area contributed by atoms with Crippen LogP contribution in [0.25, 0.3) is 0 Å². The van der Waals surface area contributed by atoms with E-state index in [0.29, 0.717) is 0 Å². The molecule has 1 rings (SSSR count). The Morgan fingerprint density at radius 1 is 1.00 bits per heavy atom. The molecule has 0 saturated carbocycles. The van der Waals surface area contributed by atoms with Crippen LogP contribution in [0, 0.1) is 0 Å². The first-order valence-corrected chi connectivity index (χ1v) is 7.37. The van der Waals surface area contributed by atoms with Crippen LogP contribution in [0.3, 0.4) is 0 Å². The topological polar surface area (TPSA) is 0 Å². The Bertz CT molecular complexity index is 204. The van der Waals surface area contributed by atoms with Crippen molar-refractivity contribution in [1.29, 1.82) is 0 Å². The maximum atomic E-state index is 2.33. The Hall–Kier alpha value is -0.780. The minimum Gasteiger partial charge on any atom is -0.0807 e. The highest BCUT2D eigenvalue weighted by molar-refractivity contribution is 5.34. The van der Waals surface area contributed by atoms with Gasteiger partial charge < -0.3 is 0 Å². The summed E-state index contributed by atoms with van der Waals surface area (Å²) in [5, 5.41) is 0. The van der Waals surface area contributed by atoms with Gasteiger partial charge in [0.1, 0.15) is 0 Å². The van der Waals surface area contributed by atoms with Crippen molar-refractivity contribution in [3.05, 3.63) is 35.5 Å². The van der Waals surface area contributed by atoms with Crippen LogP contribution in [-0.2, 0) is 0 Å². The van der Waals surface area contributed by atoms with Crippen LogP contribution in [0.2, 0.25) is 0 Å². The lowest BCUT2D eigenvalue weighted by Crippen LogP contribution is -1.83. The molecule has 0 radical (unpaired) electrons. The maximum Gasteiger partial charge on any atom is -0.0160 e. The first kappa shape index (κ1) is 21.5. The van der Waals surface area contributed by atoms with E-state index < -0.39 is 0 Å². The van der Waals surface area contributed by atoms with E-state index in [4.69, 9.17) is 0 Å². The van der Waals surface area contributed by atoms with Crippen molar-refractivity contribution in [1.82, 2.24) is 0 Å². The summed E-state index contributed by atoms with van der Waals surface area (Å²) in [7, 11) is 0. The van der Waals surface area contributed by atoms with Crippen molar-refractivity contribution in [2.24, 2.45) is 0 Å². The highest BCUT2D eigenvalue weighted by atomic mass is 14.0. The van der Waals surface area contributed by atoms with Crippen LogP contribution >= 0.6 is 0 Å². The van der Waals surface area contributed by atoms with Gasteiger partial charge in [-0.05, 0) is 30.9 Å². The average Bonchev–Trinajstić information content (AvgIpc) is 2.63. The van der Waals surface area contributed by atoms with E-state index in [1.165, 1.54) is 24.0 Å². The largest absolute Gasteiger partial charge is 0.0807 e. The fourth-order valence-electron chi connectivity index (χ4n) is 1.34. The molecule has 0 aliphatic heterocycles. The second kappa shape index (κ2) is 20.6. The van der Waals surface area contributed by atoms with Gasteiger partial charge in [-0.3, -0.25) is 0 Å². The van der Waals surface area contributed by atoms with E-state index in [9.17, 15) is 0 Å². The third kappa shape index (κ3) is 13.2. The van der Waals surface area contributed by atoms with Gasteiger partial charge in [0.25, 0.3) is 0 Å². The monoisotopic (exact) mass is 238 g/mol. The summed E-state index contributed by atoms with van der Waals surface area (Å²) in [6, 6.07) is 0. The normalized spacial score (nSPS) is 12.2. The van der Waals surface area contributed by atoms with Crippen LogP contribution in [0.15, 0.2) is 35.5 Å². The highest BCUT2D eigenvalue weighted by Gasteiger charge is 1.98. The van der Waals surface area contributed by atoms with E-state index >= 15 is 0 Å². The number of hydrogen-bond donors (Lipinski definition) is 0. The smallest absolute Gasteiger partial charge is 0.0160 e. The molecule has 0 aromatic rings. The quantitative estimate of drug-likeness (QED) is 0.502. The van der Waals surface area contributed by atoms with Gasteiger partial charge in [0.2, 0.25) is 0 Å². The Labute approximate surface area is 111 Å². The minimum atomic E-state index is 1.10. The van der Waals surface area contributed by atoms with Gasteiger partial charge in [-0.15, -0.1) is 0 Å². The maximum absolute atomic E-state index is 2.33. The Balaban J connectivity index is -0.000000285. The fourth-order valence-corrected chi connectivity index (χ4v) is 1.34. The first-order valence-electron chi connectivity index (χ1n) is 7.37. The molecule has 17 heavy (non-hydrogen) atoms. The van der Waals surface area contributed by atoms with Gasteiger partial charge in [-0.1, -0.05) is 79.2 Å². The number of rotatable bonds is 2. The summed E-state index contributed by atoms with van der Waals surface area (Å²) in [6.45, 7) is 16.4. The zero-order chi connectivity index (χ0) is 14.1. The summed E-state index contributed by atoms with van der Waals surface area (Å²) < 4.78 is 0. The van der Waals surface area contributed by atoms with Crippen LogP contribution < -0.4 is 0 Å². The molecule has 0 spiro atoms. The predicted octanol–water partition coefficient (Wildman–Crippen LogP) is 6.70. The molecule has 0 heteroatoms. The molecule has 0 aromatic carbocycles. The molecule has 0 saturated heterocycles. The van der Waals surface area contributed by atoms with Crippen LogP contribution in [0.4, 0.5) is 0 Å². The van der Waals surface area contributed by atoms with Gasteiger partial charge in [-0.25, -0.2) is 0 Å². The van der Waals surface area contributed by atoms with Crippen molar-refractivity contribution in [3.63, 3.8) is 0 Å². The van der Waals surface area contributed by atoms with Crippen molar-refractivity contribution in [2.75, 3.05) is 0 Å². The fraction of sp³-hybridized carbons (Fsp3) is 0.647. The molecular weight excluding hydrogens is 204 g/mol. The third-order valence-corrected chi connectivity index (χ3v) is 2.01. The molecule has 0 amide bonds. The van der Waals surface area contributed by atoms with Crippen molar-refractivity contribution in [3.8, 4) is 0 Å².